The monoisotopic (exact) mass is 217 g/mol. The van der Waals surface area contributed by atoms with E-state index in [1.165, 1.54) is 5.56 Å². The summed E-state index contributed by atoms with van der Waals surface area (Å²) in [5.41, 5.74) is 2.09. The van der Waals surface area contributed by atoms with Gasteiger partial charge in [-0.1, -0.05) is 26.0 Å². The average molecular weight is 217 g/mol. The van der Waals surface area contributed by atoms with Crippen molar-refractivity contribution < 1.29 is 4.79 Å². The van der Waals surface area contributed by atoms with Crippen molar-refractivity contribution in [1.82, 2.24) is 0 Å². The molecule has 86 valence electrons. The third-order valence-electron chi connectivity index (χ3n) is 3.32. The normalized spacial score (nSPS) is 23.2. The summed E-state index contributed by atoms with van der Waals surface area (Å²) in [6.07, 6.45) is 1.05. The maximum atomic E-state index is 11.9. The second kappa shape index (κ2) is 4.28. The van der Waals surface area contributed by atoms with E-state index in [0.29, 0.717) is 11.8 Å². The predicted molar refractivity (Wildman–Crippen MR) is 66.2 cm³/mol. The molecule has 1 aliphatic rings. The number of amides is 1. The minimum Gasteiger partial charge on any atom is -0.326 e. The van der Waals surface area contributed by atoms with Gasteiger partial charge in [-0.2, -0.15) is 0 Å². The molecule has 0 bridgehead atoms. The minimum absolute atomic E-state index is 0.185. The molecule has 1 N–H and O–H groups in total. The molecule has 1 aromatic carbocycles. The summed E-state index contributed by atoms with van der Waals surface area (Å²) in [4.78, 5) is 11.9. The number of anilines is 1. The molecule has 0 heterocycles. The minimum atomic E-state index is 0.185. The van der Waals surface area contributed by atoms with E-state index in [1.807, 2.05) is 31.2 Å². The number of hydrogen-bond donors (Lipinski definition) is 1. The molecule has 0 spiro atoms. The molecule has 1 saturated carbocycles. The molecule has 2 rings (SSSR count). The number of nitrogens with one attached hydrogen (secondary N) is 1. The number of benzene rings is 1. The molecule has 1 amide bonds. The van der Waals surface area contributed by atoms with Gasteiger partial charge in [-0.15, -0.1) is 0 Å². The van der Waals surface area contributed by atoms with Crippen LogP contribution in [0.3, 0.4) is 0 Å². The molecule has 0 aromatic heterocycles. The predicted octanol–water partition coefficient (Wildman–Crippen LogP) is 3.23. The molecule has 0 radical (unpaired) electrons. The van der Waals surface area contributed by atoms with E-state index >= 15 is 0 Å². The van der Waals surface area contributed by atoms with E-state index in [0.717, 1.165) is 12.1 Å². The third-order valence-corrected chi connectivity index (χ3v) is 3.32. The smallest absolute Gasteiger partial charge is 0.227 e. The molecule has 2 nitrogen and oxygen atoms in total. The Morgan fingerprint density at radius 2 is 2.19 bits per heavy atom. The Morgan fingerprint density at radius 3 is 2.75 bits per heavy atom. The molecule has 0 saturated heterocycles. The fraction of sp³-hybridized carbons (Fsp3) is 0.500. The molecular formula is C14H19NO. The van der Waals surface area contributed by atoms with Crippen LogP contribution in [0, 0.1) is 24.7 Å². The summed E-state index contributed by atoms with van der Waals surface area (Å²) >= 11 is 0. The van der Waals surface area contributed by atoms with Crippen LogP contribution in [0.2, 0.25) is 0 Å². The van der Waals surface area contributed by atoms with E-state index < -0.39 is 0 Å². The van der Waals surface area contributed by atoms with Gasteiger partial charge in [0.25, 0.3) is 0 Å². The first kappa shape index (κ1) is 11.2. The highest BCUT2D eigenvalue weighted by atomic mass is 16.2. The summed E-state index contributed by atoms with van der Waals surface area (Å²) in [7, 11) is 0. The SMILES string of the molecule is Cc1cccc(NC(=O)[C@@H]2C[C@H]2C(C)C)c1. The Kier molecular flexibility index (Phi) is 2.99. The average Bonchev–Trinajstić information content (AvgIpc) is 2.96. The van der Waals surface area contributed by atoms with Crippen molar-refractivity contribution in [1.29, 1.82) is 0 Å². The Morgan fingerprint density at radius 1 is 1.44 bits per heavy atom. The van der Waals surface area contributed by atoms with Crippen LogP contribution in [-0.2, 0) is 4.79 Å². The largest absolute Gasteiger partial charge is 0.326 e. The fourth-order valence-corrected chi connectivity index (χ4v) is 2.21. The Bertz CT molecular complexity index is 397. The number of rotatable bonds is 3. The maximum absolute atomic E-state index is 11.9. The molecule has 0 unspecified atom stereocenters. The number of carbonyl (C=O) groups is 1. The maximum Gasteiger partial charge on any atom is 0.227 e. The lowest BCUT2D eigenvalue weighted by molar-refractivity contribution is -0.117. The second-order valence-corrected chi connectivity index (χ2v) is 5.11. The zero-order valence-corrected chi connectivity index (χ0v) is 10.2. The standard InChI is InChI=1S/C14H19NO/c1-9(2)12-8-13(12)14(16)15-11-6-4-5-10(3)7-11/h4-7,9,12-13H,8H2,1-3H3,(H,15,16)/t12-,13+/m0/s1. The van der Waals surface area contributed by atoms with Crippen LogP contribution in [0.1, 0.15) is 25.8 Å². The van der Waals surface area contributed by atoms with E-state index in [2.05, 4.69) is 19.2 Å². The molecule has 1 aliphatic carbocycles. The van der Waals surface area contributed by atoms with Crippen LogP contribution in [0.4, 0.5) is 5.69 Å². The number of aryl methyl sites for hydroxylation is 1. The van der Waals surface area contributed by atoms with Crippen molar-refractivity contribution in [3.8, 4) is 0 Å². The lowest BCUT2D eigenvalue weighted by atomic mass is 10.1. The van der Waals surface area contributed by atoms with Gasteiger partial charge in [0.2, 0.25) is 5.91 Å². The van der Waals surface area contributed by atoms with Gasteiger partial charge in [0, 0.05) is 11.6 Å². The van der Waals surface area contributed by atoms with Gasteiger partial charge in [-0.05, 0) is 42.9 Å². The molecule has 1 fully saturated rings. The zero-order chi connectivity index (χ0) is 11.7. The highest BCUT2D eigenvalue weighted by molar-refractivity contribution is 5.94. The summed E-state index contributed by atoms with van der Waals surface area (Å²) < 4.78 is 0. The van der Waals surface area contributed by atoms with Gasteiger partial charge in [0.05, 0.1) is 0 Å². The summed E-state index contributed by atoms with van der Waals surface area (Å²) in [5, 5.41) is 2.99. The molecule has 0 aliphatic heterocycles. The van der Waals surface area contributed by atoms with Gasteiger partial charge >= 0.3 is 0 Å². The van der Waals surface area contributed by atoms with Gasteiger partial charge in [-0.3, -0.25) is 4.79 Å². The first-order valence-electron chi connectivity index (χ1n) is 5.95. The summed E-state index contributed by atoms with van der Waals surface area (Å²) in [6, 6.07) is 7.95. The number of carbonyl (C=O) groups excluding carboxylic acids is 1. The fourth-order valence-electron chi connectivity index (χ4n) is 2.21. The van der Waals surface area contributed by atoms with Gasteiger partial charge in [0.15, 0.2) is 0 Å². The van der Waals surface area contributed by atoms with Crippen molar-refractivity contribution in [2.24, 2.45) is 17.8 Å². The molecule has 1 aromatic rings. The number of hydrogen-bond acceptors (Lipinski definition) is 1. The van der Waals surface area contributed by atoms with E-state index in [4.69, 9.17) is 0 Å². The van der Waals surface area contributed by atoms with Crippen molar-refractivity contribution in [3.63, 3.8) is 0 Å². The van der Waals surface area contributed by atoms with Crippen molar-refractivity contribution in [2.75, 3.05) is 5.32 Å². The van der Waals surface area contributed by atoms with Crippen molar-refractivity contribution >= 4 is 11.6 Å². The van der Waals surface area contributed by atoms with E-state index in [-0.39, 0.29) is 11.8 Å². The van der Waals surface area contributed by atoms with E-state index in [1.54, 1.807) is 0 Å². The van der Waals surface area contributed by atoms with Crippen molar-refractivity contribution in [2.45, 2.75) is 27.2 Å². The topological polar surface area (TPSA) is 29.1 Å². The van der Waals surface area contributed by atoms with Crippen LogP contribution in [0.15, 0.2) is 24.3 Å². The van der Waals surface area contributed by atoms with E-state index in [9.17, 15) is 4.79 Å². The molecule has 16 heavy (non-hydrogen) atoms. The quantitative estimate of drug-likeness (QED) is 0.827. The first-order chi connectivity index (χ1) is 7.58. The Balaban J connectivity index is 1.94. The van der Waals surface area contributed by atoms with Crippen LogP contribution < -0.4 is 5.32 Å². The highest BCUT2D eigenvalue weighted by Gasteiger charge is 2.44. The first-order valence-corrected chi connectivity index (χ1v) is 5.95. The Labute approximate surface area is 97.1 Å². The molecule has 2 heteroatoms. The molecular weight excluding hydrogens is 198 g/mol. The second-order valence-electron chi connectivity index (χ2n) is 5.11. The lowest BCUT2D eigenvalue weighted by Gasteiger charge is -2.06. The van der Waals surface area contributed by atoms with Crippen LogP contribution in [-0.4, -0.2) is 5.91 Å². The van der Waals surface area contributed by atoms with Crippen LogP contribution in [0.5, 0.6) is 0 Å². The summed E-state index contributed by atoms with van der Waals surface area (Å²) in [5.74, 6) is 1.63. The van der Waals surface area contributed by atoms with Gasteiger partial charge in [-0.25, -0.2) is 0 Å². The van der Waals surface area contributed by atoms with Crippen molar-refractivity contribution in [3.05, 3.63) is 29.8 Å². The Hall–Kier alpha value is -1.31. The van der Waals surface area contributed by atoms with Gasteiger partial charge in [0.1, 0.15) is 0 Å². The van der Waals surface area contributed by atoms with Crippen LogP contribution >= 0.6 is 0 Å². The van der Waals surface area contributed by atoms with Gasteiger partial charge < -0.3 is 5.32 Å². The third kappa shape index (κ3) is 2.43. The molecule has 2 atom stereocenters. The summed E-state index contributed by atoms with van der Waals surface area (Å²) in [6.45, 7) is 6.40. The highest BCUT2D eigenvalue weighted by Crippen LogP contribution is 2.44. The lowest BCUT2D eigenvalue weighted by Crippen LogP contribution is -2.15. The zero-order valence-electron chi connectivity index (χ0n) is 10.2. The van der Waals surface area contributed by atoms with Crippen LogP contribution in [0.25, 0.3) is 0 Å².